The Labute approximate surface area is 206 Å². The van der Waals surface area contributed by atoms with Gasteiger partial charge in [-0.3, -0.25) is 9.59 Å². The van der Waals surface area contributed by atoms with Crippen LogP contribution in [0.1, 0.15) is 63.5 Å². The number of hydrogen-bond acceptors (Lipinski definition) is 4. The molecule has 3 atom stereocenters. The molecule has 7 heteroatoms. The number of carboxylic acid groups (broad SMARTS) is 1. The molecule has 0 spiro atoms. The first kappa shape index (κ1) is 24.8. The van der Waals surface area contributed by atoms with Crippen LogP contribution in [0.5, 0.6) is 0 Å². The number of nitrogens with one attached hydrogen (secondary N) is 2. The van der Waals surface area contributed by atoms with Crippen LogP contribution in [0.2, 0.25) is 0 Å². The van der Waals surface area contributed by atoms with Crippen molar-refractivity contribution in [2.24, 2.45) is 11.8 Å². The van der Waals surface area contributed by atoms with E-state index in [9.17, 15) is 19.5 Å². The zero-order valence-electron chi connectivity index (χ0n) is 20.5. The number of hydrogen-bond donors (Lipinski definition) is 3. The molecule has 1 saturated carbocycles. The predicted octanol–water partition coefficient (Wildman–Crippen LogP) is 4.70. The average molecular weight is 479 g/mol. The molecule has 186 valence electrons. The van der Waals surface area contributed by atoms with E-state index < -0.39 is 23.6 Å². The van der Waals surface area contributed by atoms with E-state index >= 15 is 0 Å². The molecule has 4 rings (SSSR count). The number of alkyl carbamates (subject to hydrolysis) is 1. The fourth-order valence-corrected chi connectivity index (χ4v) is 5.15. The van der Waals surface area contributed by atoms with Crippen LogP contribution in [0.15, 0.2) is 48.5 Å². The van der Waals surface area contributed by atoms with Crippen molar-refractivity contribution in [3.8, 4) is 11.1 Å². The molecule has 0 bridgehead atoms. The van der Waals surface area contributed by atoms with Gasteiger partial charge in [0.25, 0.3) is 0 Å². The maximum Gasteiger partial charge on any atom is 0.407 e. The SMILES string of the molecule is CCC(C)[C@H](NC(=O)OCC1c2ccccc2-c2ccccc21)C(=O)NC(C)(CC(=O)O)C1CC1. The summed E-state index contributed by atoms with van der Waals surface area (Å²) in [6, 6.07) is 15.4. The summed E-state index contributed by atoms with van der Waals surface area (Å²) in [5.74, 6) is -1.41. The summed E-state index contributed by atoms with van der Waals surface area (Å²) in [6.07, 6.45) is 1.64. The Morgan fingerprint density at radius 2 is 1.63 bits per heavy atom. The van der Waals surface area contributed by atoms with Gasteiger partial charge < -0.3 is 20.5 Å². The number of rotatable bonds is 10. The highest BCUT2D eigenvalue weighted by Crippen LogP contribution is 2.44. The highest BCUT2D eigenvalue weighted by molar-refractivity contribution is 5.87. The van der Waals surface area contributed by atoms with Crippen molar-refractivity contribution in [1.29, 1.82) is 0 Å². The highest BCUT2D eigenvalue weighted by atomic mass is 16.5. The molecule has 0 heterocycles. The van der Waals surface area contributed by atoms with Crippen molar-refractivity contribution < 1.29 is 24.2 Å². The number of fused-ring (bicyclic) bond motifs is 3. The monoisotopic (exact) mass is 478 g/mol. The molecule has 2 unspecified atom stereocenters. The molecular weight excluding hydrogens is 444 g/mol. The minimum absolute atomic E-state index is 0.0715. The van der Waals surface area contributed by atoms with Gasteiger partial charge in [-0.05, 0) is 53.9 Å². The summed E-state index contributed by atoms with van der Waals surface area (Å²) >= 11 is 0. The summed E-state index contributed by atoms with van der Waals surface area (Å²) in [5, 5.41) is 15.0. The van der Waals surface area contributed by atoms with Gasteiger partial charge in [-0.1, -0.05) is 68.8 Å². The third-order valence-electron chi connectivity index (χ3n) is 7.52. The standard InChI is InChI=1S/C28H34N2O5/c1-4-17(2)25(26(33)30-28(3,15-24(31)32)18-13-14-18)29-27(34)35-16-23-21-11-7-5-9-19(21)20-10-6-8-12-22(20)23/h5-12,17-18,23,25H,4,13-16H2,1-3H3,(H,29,34)(H,30,33)(H,31,32)/t17?,25-,28?/m0/s1. The van der Waals surface area contributed by atoms with Gasteiger partial charge in [0.15, 0.2) is 0 Å². The van der Waals surface area contributed by atoms with Crippen LogP contribution in [-0.4, -0.2) is 41.3 Å². The maximum atomic E-state index is 13.2. The molecule has 2 amide bonds. The fourth-order valence-electron chi connectivity index (χ4n) is 5.15. The fraction of sp³-hybridized carbons (Fsp3) is 0.464. The largest absolute Gasteiger partial charge is 0.481 e. The van der Waals surface area contributed by atoms with E-state index in [2.05, 4.69) is 34.9 Å². The summed E-state index contributed by atoms with van der Waals surface area (Å²) in [5.41, 5.74) is 3.69. The Balaban J connectivity index is 1.43. The summed E-state index contributed by atoms with van der Waals surface area (Å²) in [7, 11) is 0. The number of benzene rings is 2. The van der Waals surface area contributed by atoms with Crippen LogP contribution < -0.4 is 10.6 Å². The van der Waals surface area contributed by atoms with Gasteiger partial charge in [0.1, 0.15) is 12.6 Å². The topological polar surface area (TPSA) is 105 Å². The van der Waals surface area contributed by atoms with Crippen molar-refractivity contribution in [2.45, 2.75) is 64.0 Å². The number of carboxylic acids is 1. The Morgan fingerprint density at radius 1 is 1.06 bits per heavy atom. The summed E-state index contributed by atoms with van der Waals surface area (Å²) in [6.45, 7) is 5.77. The Kier molecular flexibility index (Phi) is 7.15. The third kappa shape index (κ3) is 5.34. The predicted molar refractivity (Wildman–Crippen MR) is 133 cm³/mol. The van der Waals surface area contributed by atoms with Gasteiger partial charge in [-0.2, -0.15) is 0 Å². The second-order valence-corrected chi connectivity index (χ2v) is 10.1. The van der Waals surface area contributed by atoms with Crippen molar-refractivity contribution >= 4 is 18.0 Å². The Morgan fingerprint density at radius 3 is 2.14 bits per heavy atom. The number of aliphatic carboxylic acids is 1. The van der Waals surface area contributed by atoms with Gasteiger partial charge in [-0.15, -0.1) is 0 Å². The zero-order chi connectivity index (χ0) is 25.2. The molecule has 0 radical (unpaired) electrons. The van der Waals surface area contributed by atoms with Crippen LogP contribution >= 0.6 is 0 Å². The smallest absolute Gasteiger partial charge is 0.407 e. The molecule has 2 aromatic rings. The molecule has 2 aromatic carbocycles. The van der Waals surface area contributed by atoms with Crippen molar-refractivity contribution in [2.75, 3.05) is 6.61 Å². The van der Waals surface area contributed by atoms with Gasteiger partial charge >= 0.3 is 12.1 Å². The van der Waals surface area contributed by atoms with Crippen molar-refractivity contribution in [3.05, 3.63) is 59.7 Å². The lowest BCUT2D eigenvalue weighted by Crippen LogP contribution is -2.58. The van der Waals surface area contributed by atoms with Crippen LogP contribution in [0.4, 0.5) is 4.79 Å². The van der Waals surface area contributed by atoms with E-state index in [1.807, 2.05) is 38.1 Å². The first-order chi connectivity index (χ1) is 16.7. The van der Waals surface area contributed by atoms with Crippen molar-refractivity contribution in [3.63, 3.8) is 0 Å². The lowest BCUT2D eigenvalue weighted by Gasteiger charge is -2.33. The summed E-state index contributed by atoms with van der Waals surface area (Å²) in [4.78, 5) is 37.5. The van der Waals surface area contributed by atoms with E-state index in [0.29, 0.717) is 6.42 Å². The maximum absolute atomic E-state index is 13.2. The van der Waals surface area contributed by atoms with Gasteiger partial charge in [0.2, 0.25) is 5.91 Å². The van der Waals surface area contributed by atoms with E-state index in [1.165, 1.54) is 0 Å². The van der Waals surface area contributed by atoms with Crippen molar-refractivity contribution in [1.82, 2.24) is 10.6 Å². The minimum atomic E-state index is -0.954. The van der Waals surface area contributed by atoms with Gasteiger partial charge in [0, 0.05) is 5.92 Å². The van der Waals surface area contributed by atoms with Gasteiger partial charge in [-0.25, -0.2) is 4.79 Å². The average Bonchev–Trinajstić information content (AvgIpc) is 3.64. The van der Waals surface area contributed by atoms with E-state index in [1.54, 1.807) is 6.92 Å². The minimum Gasteiger partial charge on any atom is -0.481 e. The van der Waals surface area contributed by atoms with Crippen LogP contribution in [-0.2, 0) is 14.3 Å². The second-order valence-electron chi connectivity index (χ2n) is 10.1. The molecule has 7 nitrogen and oxygen atoms in total. The lowest BCUT2D eigenvalue weighted by molar-refractivity contribution is -0.139. The Hall–Kier alpha value is -3.35. The molecule has 0 aromatic heterocycles. The second kappa shape index (κ2) is 10.1. The first-order valence-electron chi connectivity index (χ1n) is 12.4. The van der Waals surface area contributed by atoms with Crippen LogP contribution in [0.25, 0.3) is 11.1 Å². The van der Waals surface area contributed by atoms with Gasteiger partial charge in [0.05, 0.1) is 12.0 Å². The highest BCUT2D eigenvalue weighted by Gasteiger charge is 2.45. The van der Waals surface area contributed by atoms with E-state index in [0.717, 1.165) is 35.1 Å². The normalized spacial score (nSPS) is 17.9. The zero-order valence-corrected chi connectivity index (χ0v) is 20.5. The van der Waals surface area contributed by atoms with Crippen LogP contribution in [0.3, 0.4) is 0 Å². The van der Waals surface area contributed by atoms with E-state index in [-0.39, 0.29) is 36.7 Å². The summed E-state index contributed by atoms with van der Waals surface area (Å²) < 4.78 is 5.65. The Bertz CT molecular complexity index is 1070. The molecule has 1 fully saturated rings. The first-order valence-corrected chi connectivity index (χ1v) is 12.4. The number of ether oxygens (including phenoxy) is 1. The molecular formula is C28H34N2O5. The number of amides is 2. The quantitative estimate of drug-likeness (QED) is 0.459. The molecule has 3 N–H and O–H groups in total. The molecule has 0 aliphatic heterocycles. The molecule has 35 heavy (non-hydrogen) atoms. The molecule has 2 aliphatic rings. The van der Waals surface area contributed by atoms with E-state index in [4.69, 9.17) is 4.74 Å². The number of carbonyl (C=O) groups is 3. The molecule has 0 saturated heterocycles. The number of carbonyl (C=O) groups excluding carboxylic acids is 2. The molecule has 2 aliphatic carbocycles. The third-order valence-corrected chi connectivity index (χ3v) is 7.52. The lowest BCUT2D eigenvalue weighted by atomic mass is 9.90. The van der Waals surface area contributed by atoms with Crippen LogP contribution in [0, 0.1) is 11.8 Å².